The summed E-state index contributed by atoms with van der Waals surface area (Å²) in [6, 6.07) is 20.4. The molecule has 0 atom stereocenters. The van der Waals surface area contributed by atoms with Crippen LogP contribution in [0.1, 0.15) is 11.4 Å². The molecular weight excluding hydrogens is 308 g/mol. The molecule has 122 valence electrons. The van der Waals surface area contributed by atoms with Crippen molar-refractivity contribution in [3.63, 3.8) is 0 Å². The van der Waals surface area contributed by atoms with Gasteiger partial charge in [-0.2, -0.15) is 0 Å². The van der Waals surface area contributed by atoms with Gasteiger partial charge in [-0.1, -0.05) is 48.0 Å². The van der Waals surface area contributed by atoms with Crippen molar-refractivity contribution in [2.24, 2.45) is 0 Å². The molecule has 2 aromatic carbocycles. The summed E-state index contributed by atoms with van der Waals surface area (Å²) in [7, 11) is 0. The summed E-state index contributed by atoms with van der Waals surface area (Å²) in [6.07, 6.45) is 1.80. The number of aromatic nitrogens is 3. The number of nitrogens with one attached hydrogen (secondary N) is 1. The van der Waals surface area contributed by atoms with Crippen LogP contribution >= 0.6 is 0 Å². The van der Waals surface area contributed by atoms with Gasteiger partial charge in [-0.05, 0) is 26.0 Å². The van der Waals surface area contributed by atoms with Gasteiger partial charge in [0.2, 0.25) is 0 Å². The van der Waals surface area contributed by atoms with E-state index in [-0.39, 0.29) is 0 Å². The summed E-state index contributed by atoms with van der Waals surface area (Å²) < 4.78 is 0. The standard InChI is InChI=1S/C21H18N4/c1-14-8-10-16(11-9-14)19-13-20(24-15(2)23-19)25-18-7-3-5-17-6-4-12-22-21(17)18/h3-13H,1-2H3,(H,23,24,25). The van der Waals surface area contributed by atoms with Gasteiger partial charge in [-0.25, -0.2) is 9.97 Å². The van der Waals surface area contributed by atoms with E-state index in [9.17, 15) is 0 Å². The second-order valence-electron chi connectivity index (χ2n) is 6.06. The quantitative estimate of drug-likeness (QED) is 0.572. The Morgan fingerprint density at radius 3 is 2.48 bits per heavy atom. The highest BCUT2D eigenvalue weighted by atomic mass is 15.0. The van der Waals surface area contributed by atoms with E-state index < -0.39 is 0 Å². The smallest absolute Gasteiger partial charge is 0.134 e. The van der Waals surface area contributed by atoms with Gasteiger partial charge in [0.1, 0.15) is 11.6 Å². The SMILES string of the molecule is Cc1ccc(-c2cc(Nc3cccc4cccnc34)nc(C)n2)cc1. The predicted molar refractivity (Wildman–Crippen MR) is 102 cm³/mol. The van der Waals surface area contributed by atoms with E-state index >= 15 is 0 Å². The Kier molecular flexibility index (Phi) is 3.86. The molecule has 0 radical (unpaired) electrons. The average Bonchev–Trinajstić information content (AvgIpc) is 2.62. The first-order valence-electron chi connectivity index (χ1n) is 8.22. The van der Waals surface area contributed by atoms with Crippen molar-refractivity contribution in [1.29, 1.82) is 0 Å². The molecule has 25 heavy (non-hydrogen) atoms. The third-order valence-electron chi connectivity index (χ3n) is 4.08. The van der Waals surface area contributed by atoms with Crippen LogP contribution in [-0.4, -0.2) is 15.0 Å². The molecule has 0 unspecified atom stereocenters. The fourth-order valence-corrected chi connectivity index (χ4v) is 2.85. The fourth-order valence-electron chi connectivity index (χ4n) is 2.85. The van der Waals surface area contributed by atoms with Crippen LogP contribution in [0.2, 0.25) is 0 Å². The summed E-state index contributed by atoms with van der Waals surface area (Å²) in [6.45, 7) is 3.99. The van der Waals surface area contributed by atoms with Gasteiger partial charge in [0.15, 0.2) is 0 Å². The molecule has 2 heterocycles. The number of anilines is 2. The number of aryl methyl sites for hydroxylation is 2. The molecule has 0 aliphatic rings. The molecular formula is C21H18N4. The molecule has 4 aromatic rings. The molecule has 0 fully saturated rings. The van der Waals surface area contributed by atoms with Crippen molar-refractivity contribution in [1.82, 2.24) is 15.0 Å². The maximum Gasteiger partial charge on any atom is 0.134 e. The van der Waals surface area contributed by atoms with E-state index in [2.05, 4.69) is 63.6 Å². The van der Waals surface area contributed by atoms with Crippen LogP contribution in [0, 0.1) is 13.8 Å². The van der Waals surface area contributed by atoms with Gasteiger partial charge >= 0.3 is 0 Å². The van der Waals surface area contributed by atoms with E-state index in [0.29, 0.717) is 0 Å². The van der Waals surface area contributed by atoms with Crippen LogP contribution in [0.5, 0.6) is 0 Å². The topological polar surface area (TPSA) is 50.7 Å². The molecule has 0 bridgehead atoms. The highest BCUT2D eigenvalue weighted by Crippen LogP contribution is 2.26. The molecule has 0 saturated heterocycles. The zero-order valence-corrected chi connectivity index (χ0v) is 14.2. The van der Waals surface area contributed by atoms with Gasteiger partial charge in [0.05, 0.1) is 16.9 Å². The minimum Gasteiger partial charge on any atom is -0.338 e. The maximum atomic E-state index is 4.57. The molecule has 4 heteroatoms. The normalized spacial score (nSPS) is 10.8. The summed E-state index contributed by atoms with van der Waals surface area (Å²) in [5.41, 5.74) is 5.08. The minimum atomic E-state index is 0.730. The Morgan fingerprint density at radius 1 is 0.840 bits per heavy atom. The summed E-state index contributed by atoms with van der Waals surface area (Å²) in [4.78, 5) is 13.6. The van der Waals surface area contributed by atoms with Gasteiger partial charge in [0, 0.05) is 23.2 Å². The molecule has 0 aliphatic carbocycles. The van der Waals surface area contributed by atoms with Gasteiger partial charge in [-0.15, -0.1) is 0 Å². The lowest BCUT2D eigenvalue weighted by Crippen LogP contribution is -2.00. The molecule has 4 rings (SSSR count). The van der Waals surface area contributed by atoms with Gasteiger partial charge in [-0.3, -0.25) is 4.98 Å². The van der Waals surface area contributed by atoms with Gasteiger partial charge < -0.3 is 5.32 Å². The van der Waals surface area contributed by atoms with Crippen molar-refractivity contribution >= 4 is 22.4 Å². The van der Waals surface area contributed by atoms with Crippen LogP contribution < -0.4 is 5.32 Å². The number of hydrogen-bond acceptors (Lipinski definition) is 4. The molecule has 4 nitrogen and oxygen atoms in total. The van der Waals surface area contributed by atoms with E-state index in [1.165, 1.54) is 5.56 Å². The van der Waals surface area contributed by atoms with Gasteiger partial charge in [0.25, 0.3) is 0 Å². The van der Waals surface area contributed by atoms with Crippen LogP contribution in [0.3, 0.4) is 0 Å². The number of pyridine rings is 1. The van der Waals surface area contributed by atoms with Crippen molar-refractivity contribution in [3.8, 4) is 11.3 Å². The Labute approximate surface area is 146 Å². The number of para-hydroxylation sites is 1. The summed E-state index contributed by atoms with van der Waals surface area (Å²) in [5, 5.41) is 4.49. The molecule has 2 aromatic heterocycles. The monoisotopic (exact) mass is 326 g/mol. The number of nitrogens with zero attached hydrogens (tertiary/aromatic N) is 3. The highest BCUT2D eigenvalue weighted by molar-refractivity contribution is 5.91. The third-order valence-corrected chi connectivity index (χ3v) is 4.08. The van der Waals surface area contributed by atoms with Crippen molar-refractivity contribution in [2.75, 3.05) is 5.32 Å². The number of benzene rings is 2. The van der Waals surface area contributed by atoms with Crippen molar-refractivity contribution in [3.05, 3.63) is 78.2 Å². The molecule has 0 saturated carbocycles. The Balaban J connectivity index is 1.74. The third kappa shape index (κ3) is 3.19. The Hall–Kier alpha value is -3.27. The first-order chi connectivity index (χ1) is 12.2. The zero-order valence-electron chi connectivity index (χ0n) is 14.2. The number of rotatable bonds is 3. The second kappa shape index (κ2) is 6.32. The molecule has 0 amide bonds. The Morgan fingerprint density at radius 2 is 1.64 bits per heavy atom. The van der Waals surface area contributed by atoms with Crippen LogP contribution in [0.25, 0.3) is 22.2 Å². The first-order valence-corrected chi connectivity index (χ1v) is 8.22. The molecule has 1 N–H and O–H groups in total. The summed E-state index contributed by atoms with van der Waals surface area (Å²) in [5.74, 6) is 1.50. The van der Waals surface area contributed by atoms with Crippen LogP contribution in [0.4, 0.5) is 11.5 Å². The van der Waals surface area contributed by atoms with E-state index in [0.717, 1.165) is 39.5 Å². The Bertz CT molecular complexity index is 1030. The van der Waals surface area contributed by atoms with Crippen LogP contribution in [-0.2, 0) is 0 Å². The zero-order chi connectivity index (χ0) is 17.2. The molecule has 0 aliphatic heterocycles. The lowest BCUT2D eigenvalue weighted by molar-refractivity contribution is 1.06. The number of hydrogen-bond donors (Lipinski definition) is 1. The van der Waals surface area contributed by atoms with E-state index in [1.807, 2.05) is 31.2 Å². The predicted octanol–water partition coefficient (Wildman–Crippen LogP) is 5.05. The second-order valence-corrected chi connectivity index (χ2v) is 6.06. The fraction of sp³-hybridized carbons (Fsp3) is 0.0952. The summed E-state index contributed by atoms with van der Waals surface area (Å²) >= 11 is 0. The average molecular weight is 326 g/mol. The largest absolute Gasteiger partial charge is 0.338 e. The van der Waals surface area contributed by atoms with Crippen LogP contribution in [0.15, 0.2) is 66.9 Å². The minimum absolute atomic E-state index is 0.730. The molecule has 0 spiro atoms. The van der Waals surface area contributed by atoms with E-state index in [1.54, 1.807) is 6.20 Å². The number of fused-ring (bicyclic) bond motifs is 1. The highest BCUT2D eigenvalue weighted by Gasteiger charge is 2.07. The first kappa shape index (κ1) is 15.3. The maximum absolute atomic E-state index is 4.57. The lowest BCUT2D eigenvalue weighted by Gasteiger charge is -2.10. The van der Waals surface area contributed by atoms with E-state index in [4.69, 9.17) is 0 Å². The van der Waals surface area contributed by atoms with Crippen molar-refractivity contribution in [2.45, 2.75) is 13.8 Å². The lowest BCUT2D eigenvalue weighted by atomic mass is 10.1. The van der Waals surface area contributed by atoms with Crippen molar-refractivity contribution < 1.29 is 0 Å².